The number of fused-ring (bicyclic) bond motifs is 7. The fourth-order valence-corrected chi connectivity index (χ4v) is 9.55. The van der Waals surface area contributed by atoms with Crippen molar-refractivity contribution in [2.45, 2.75) is 96.2 Å². The zero-order valence-corrected chi connectivity index (χ0v) is 19.5. The van der Waals surface area contributed by atoms with Crippen molar-refractivity contribution in [1.29, 1.82) is 0 Å². The standard InChI is InChI=1S/C27H40O4/c1-15-7-10-27(30-14-15)16(2)24-22(31-27)13-21-19-6-5-17-11-18(28)12-23(29)26(17,4)20(19)8-9-25(21,24)3/h5,16,18-24,28-29H,1,6-14H2,2-4H3/t16-,18?,19+,20-,21-,22-,23?,24-,25-,26-,27+/m0/s1. The number of rotatable bonds is 0. The Hall–Kier alpha value is -0.680. The van der Waals surface area contributed by atoms with Gasteiger partial charge >= 0.3 is 0 Å². The highest BCUT2D eigenvalue weighted by atomic mass is 16.7. The highest BCUT2D eigenvalue weighted by molar-refractivity contribution is 5.28. The van der Waals surface area contributed by atoms with Crippen molar-refractivity contribution in [2.24, 2.45) is 40.4 Å². The molecule has 6 rings (SSSR count). The lowest BCUT2D eigenvalue weighted by atomic mass is 9.46. The molecule has 172 valence electrons. The van der Waals surface area contributed by atoms with Crippen LogP contribution >= 0.6 is 0 Å². The third-order valence-electron chi connectivity index (χ3n) is 11.2. The van der Waals surface area contributed by atoms with Gasteiger partial charge in [0.2, 0.25) is 0 Å². The van der Waals surface area contributed by atoms with Gasteiger partial charge in [0, 0.05) is 24.2 Å². The van der Waals surface area contributed by atoms with E-state index in [1.54, 1.807) is 0 Å². The summed E-state index contributed by atoms with van der Waals surface area (Å²) in [5, 5.41) is 21.4. The van der Waals surface area contributed by atoms with Crippen LogP contribution < -0.4 is 0 Å². The van der Waals surface area contributed by atoms with Crippen LogP contribution in [0.4, 0.5) is 0 Å². The molecule has 3 saturated carbocycles. The van der Waals surface area contributed by atoms with Gasteiger partial charge in [-0.1, -0.05) is 44.6 Å². The van der Waals surface area contributed by atoms with E-state index in [-0.39, 0.29) is 16.9 Å². The van der Waals surface area contributed by atoms with E-state index < -0.39 is 11.9 Å². The zero-order chi connectivity index (χ0) is 21.8. The van der Waals surface area contributed by atoms with Crippen molar-refractivity contribution in [1.82, 2.24) is 0 Å². The fourth-order valence-electron chi connectivity index (χ4n) is 9.55. The molecule has 11 atom stereocenters. The Balaban J connectivity index is 1.30. The molecule has 2 unspecified atom stereocenters. The van der Waals surface area contributed by atoms with Crippen molar-refractivity contribution >= 4 is 0 Å². The van der Waals surface area contributed by atoms with Crippen LogP contribution in [0, 0.1) is 40.4 Å². The zero-order valence-electron chi connectivity index (χ0n) is 19.5. The molecule has 31 heavy (non-hydrogen) atoms. The summed E-state index contributed by atoms with van der Waals surface area (Å²) in [4.78, 5) is 0. The quantitative estimate of drug-likeness (QED) is 0.554. The van der Waals surface area contributed by atoms with Crippen LogP contribution in [-0.2, 0) is 9.47 Å². The Morgan fingerprint density at radius 3 is 2.68 bits per heavy atom. The largest absolute Gasteiger partial charge is 0.393 e. The van der Waals surface area contributed by atoms with Crippen LogP contribution in [0.15, 0.2) is 23.8 Å². The summed E-state index contributed by atoms with van der Waals surface area (Å²) < 4.78 is 13.2. The number of aliphatic hydroxyl groups excluding tert-OH is 2. The average Bonchev–Trinajstić information content (AvgIpc) is 3.16. The molecule has 0 radical (unpaired) electrons. The molecule has 2 aliphatic heterocycles. The maximum absolute atomic E-state index is 11.1. The molecule has 0 aromatic carbocycles. The van der Waals surface area contributed by atoms with Crippen molar-refractivity contribution in [3.05, 3.63) is 23.8 Å². The van der Waals surface area contributed by atoms with Crippen LogP contribution in [0.5, 0.6) is 0 Å². The normalized spacial score (nSPS) is 58.4. The molecule has 2 N–H and O–H groups in total. The van der Waals surface area contributed by atoms with Crippen LogP contribution in [0.2, 0.25) is 0 Å². The Kier molecular flexibility index (Phi) is 4.50. The van der Waals surface area contributed by atoms with Gasteiger partial charge in [-0.25, -0.2) is 0 Å². The number of hydrogen-bond donors (Lipinski definition) is 2. The molecule has 2 saturated heterocycles. The monoisotopic (exact) mass is 428 g/mol. The van der Waals surface area contributed by atoms with Gasteiger partial charge in [-0.3, -0.25) is 0 Å². The number of hydrogen-bond acceptors (Lipinski definition) is 4. The Morgan fingerprint density at radius 1 is 1.13 bits per heavy atom. The summed E-state index contributed by atoms with van der Waals surface area (Å²) >= 11 is 0. The average molecular weight is 429 g/mol. The van der Waals surface area contributed by atoms with Crippen LogP contribution in [0.3, 0.4) is 0 Å². The van der Waals surface area contributed by atoms with Gasteiger partial charge < -0.3 is 19.7 Å². The van der Waals surface area contributed by atoms with E-state index >= 15 is 0 Å². The van der Waals surface area contributed by atoms with Gasteiger partial charge in [0.25, 0.3) is 0 Å². The highest BCUT2D eigenvalue weighted by Crippen LogP contribution is 2.70. The first-order chi connectivity index (χ1) is 14.7. The Bertz CT molecular complexity index is 808. The molecule has 0 aromatic rings. The van der Waals surface area contributed by atoms with Crippen molar-refractivity contribution in [3.63, 3.8) is 0 Å². The molecule has 4 nitrogen and oxygen atoms in total. The maximum Gasteiger partial charge on any atom is 0.172 e. The lowest BCUT2D eigenvalue weighted by Gasteiger charge is -2.59. The van der Waals surface area contributed by atoms with E-state index in [9.17, 15) is 10.2 Å². The molecule has 0 bridgehead atoms. The minimum Gasteiger partial charge on any atom is -0.393 e. The summed E-state index contributed by atoms with van der Waals surface area (Å²) in [5.74, 6) is 2.35. The molecule has 0 amide bonds. The van der Waals surface area contributed by atoms with Crippen LogP contribution in [-0.4, -0.2) is 40.9 Å². The number of aliphatic hydroxyl groups is 2. The third kappa shape index (κ3) is 2.62. The molecule has 4 aliphatic carbocycles. The summed E-state index contributed by atoms with van der Waals surface area (Å²) in [6.07, 6.45) is 9.75. The van der Waals surface area contributed by atoms with E-state index in [4.69, 9.17) is 9.47 Å². The number of ether oxygens (including phenoxy) is 2. The predicted octanol–water partition coefficient (Wildman–Crippen LogP) is 4.60. The second kappa shape index (κ2) is 6.68. The van der Waals surface area contributed by atoms with E-state index in [1.165, 1.54) is 24.0 Å². The van der Waals surface area contributed by atoms with Gasteiger partial charge in [-0.15, -0.1) is 0 Å². The predicted molar refractivity (Wildman–Crippen MR) is 119 cm³/mol. The molecule has 0 aromatic heterocycles. The Labute approximate surface area is 187 Å². The smallest absolute Gasteiger partial charge is 0.172 e. The molecule has 4 heteroatoms. The summed E-state index contributed by atoms with van der Waals surface area (Å²) in [5.41, 5.74) is 2.63. The SMILES string of the molecule is C=C1CC[C@@]2(OC1)O[C@H]1C[C@H]3[C@@H]4CC=C5CC(O)CC(O)[C@]5(C)[C@H]4CC[C@]3(C)[C@H]1[C@@H]2C. The second-order valence-electron chi connectivity index (χ2n) is 12.3. The van der Waals surface area contributed by atoms with Gasteiger partial charge in [-0.2, -0.15) is 0 Å². The molecule has 1 spiro atoms. The van der Waals surface area contributed by atoms with Crippen molar-refractivity contribution in [3.8, 4) is 0 Å². The molecule has 6 aliphatic rings. The summed E-state index contributed by atoms with van der Waals surface area (Å²) in [6.45, 7) is 12.0. The first-order valence-corrected chi connectivity index (χ1v) is 12.7. The van der Waals surface area contributed by atoms with Crippen LogP contribution in [0.25, 0.3) is 0 Å². The molecule has 2 heterocycles. The van der Waals surface area contributed by atoms with Crippen molar-refractivity contribution in [2.75, 3.05) is 6.61 Å². The topological polar surface area (TPSA) is 58.9 Å². The highest BCUT2D eigenvalue weighted by Gasteiger charge is 2.69. The lowest BCUT2D eigenvalue weighted by molar-refractivity contribution is -0.255. The molecule has 5 fully saturated rings. The Morgan fingerprint density at radius 2 is 1.94 bits per heavy atom. The second-order valence-corrected chi connectivity index (χ2v) is 12.3. The number of allylic oxidation sites excluding steroid dienone is 1. The van der Waals surface area contributed by atoms with Crippen molar-refractivity contribution < 1.29 is 19.7 Å². The van der Waals surface area contributed by atoms with Gasteiger partial charge in [0.05, 0.1) is 24.9 Å². The van der Waals surface area contributed by atoms with E-state index in [0.29, 0.717) is 48.7 Å². The van der Waals surface area contributed by atoms with E-state index in [0.717, 1.165) is 32.1 Å². The van der Waals surface area contributed by atoms with Crippen LogP contribution in [0.1, 0.15) is 72.1 Å². The van der Waals surface area contributed by atoms with Gasteiger partial charge in [-0.05, 0) is 67.6 Å². The van der Waals surface area contributed by atoms with E-state index in [1.807, 2.05) is 0 Å². The van der Waals surface area contributed by atoms with Gasteiger partial charge in [0.15, 0.2) is 5.79 Å². The fraction of sp³-hybridized carbons (Fsp3) is 0.852. The minimum atomic E-state index is -0.428. The molecular formula is C27H40O4. The molecular weight excluding hydrogens is 388 g/mol. The summed E-state index contributed by atoms with van der Waals surface area (Å²) in [7, 11) is 0. The first-order valence-electron chi connectivity index (χ1n) is 12.7. The van der Waals surface area contributed by atoms with E-state index in [2.05, 4.69) is 33.4 Å². The third-order valence-corrected chi connectivity index (χ3v) is 11.2. The summed E-state index contributed by atoms with van der Waals surface area (Å²) in [6, 6.07) is 0. The minimum absolute atomic E-state index is 0.165. The van der Waals surface area contributed by atoms with Gasteiger partial charge in [0.1, 0.15) is 0 Å². The lowest BCUT2D eigenvalue weighted by Crippen LogP contribution is -2.56. The maximum atomic E-state index is 11.1. The first kappa shape index (κ1) is 20.9.